The van der Waals surface area contributed by atoms with Crippen molar-refractivity contribution in [1.29, 1.82) is 0 Å². The predicted octanol–water partition coefficient (Wildman–Crippen LogP) is 4.44. The second-order valence-corrected chi connectivity index (χ2v) is 12.8. The van der Waals surface area contributed by atoms with Crippen molar-refractivity contribution in [3.05, 3.63) is 85.6 Å². The van der Waals surface area contributed by atoms with E-state index < -0.39 is 8.07 Å². The molecule has 2 aromatic carbocycles. The molecule has 0 radical (unpaired) electrons. The Morgan fingerprint density at radius 3 is 2.45 bits per heavy atom. The molecular weight excluding hydrogens is 557 g/mol. The number of rotatable bonds is 6. The minimum atomic E-state index is -1.65. The summed E-state index contributed by atoms with van der Waals surface area (Å²) in [5.74, 6) is 0.788. The smallest absolute Gasteiger partial charge is 0.185 e. The van der Waals surface area contributed by atoms with E-state index in [1.165, 1.54) is 0 Å². The van der Waals surface area contributed by atoms with E-state index in [1.807, 2.05) is 48.7 Å². The first kappa shape index (κ1) is 21.6. The predicted molar refractivity (Wildman–Crippen MR) is 115 cm³/mol. The number of nitrogens with zero attached hydrogens (tertiary/aromatic N) is 3. The van der Waals surface area contributed by atoms with E-state index in [9.17, 15) is 0 Å². The van der Waals surface area contributed by atoms with Crippen LogP contribution in [-0.4, -0.2) is 24.5 Å². The summed E-state index contributed by atoms with van der Waals surface area (Å²) in [7, 11) is -1.65. The third-order valence-corrected chi connectivity index (χ3v) is 6.26. The number of hydrogen-bond donors (Lipinski definition) is 0. The largest absolute Gasteiger partial charge is 0.507 e. The van der Waals surface area contributed by atoms with Gasteiger partial charge < -0.3 is 14.2 Å². The summed E-state index contributed by atoms with van der Waals surface area (Å²) in [5.41, 5.74) is 2.99. The monoisotopic (exact) mass is 581 g/mol. The van der Waals surface area contributed by atoms with Gasteiger partial charge >= 0.3 is 0 Å². The van der Waals surface area contributed by atoms with Crippen LogP contribution in [0.1, 0.15) is 5.89 Å². The summed E-state index contributed by atoms with van der Waals surface area (Å²) in [6.07, 6.45) is 4.85. The number of aromatic nitrogens is 1. The molecule has 3 aromatic rings. The summed E-state index contributed by atoms with van der Waals surface area (Å²) >= 11 is 0. The molecule has 0 spiro atoms. The van der Waals surface area contributed by atoms with Gasteiger partial charge in [0.15, 0.2) is 5.89 Å². The summed E-state index contributed by atoms with van der Waals surface area (Å²) in [6, 6.07) is 22.5. The first-order valence-electron chi connectivity index (χ1n) is 9.52. The average Bonchev–Trinajstić information content (AvgIpc) is 3.35. The second-order valence-electron chi connectivity index (χ2n) is 7.87. The van der Waals surface area contributed by atoms with Crippen LogP contribution in [-0.2, 0) is 27.5 Å². The minimum Gasteiger partial charge on any atom is -0.507 e. The Morgan fingerprint density at radius 1 is 1.03 bits per heavy atom. The normalized spacial score (nSPS) is 13.6. The molecule has 0 saturated carbocycles. The topological polar surface area (TPSA) is 32.5 Å². The van der Waals surface area contributed by atoms with E-state index in [2.05, 4.69) is 60.5 Å². The van der Waals surface area contributed by atoms with E-state index in [4.69, 9.17) is 9.40 Å². The summed E-state index contributed by atoms with van der Waals surface area (Å²) in [5, 5.41) is 1.05. The Bertz CT molecular complexity index is 951. The molecule has 1 aromatic heterocycles. The van der Waals surface area contributed by atoms with Crippen LogP contribution in [0.5, 0.6) is 0 Å². The van der Waals surface area contributed by atoms with Crippen molar-refractivity contribution in [2.45, 2.75) is 26.1 Å². The molecule has 0 saturated heterocycles. The molecule has 154 valence electrons. The molecule has 0 unspecified atom stereocenters. The van der Waals surface area contributed by atoms with Crippen molar-refractivity contribution in [1.82, 2.24) is 9.88 Å². The maximum absolute atomic E-state index is 6.25. The van der Waals surface area contributed by atoms with Gasteiger partial charge in [-0.15, -0.1) is 41.6 Å². The molecule has 29 heavy (non-hydrogen) atoms. The number of oxazole rings is 1. The van der Waals surface area contributed by atoms with Crippen LogP contribution in [0.15, 0.2) is 65.3 Å². The van der Waals surface area contributed by atoms with Crippen molar-refractivity contribution in [3.63, 3.8) is 0 Å². The first-order valence-corrected chi connectivity index (χ1v) is 13.0. The van der Waals surface area contributed by atoms with Crippen LogP contribution >= 0.6 is 0 Å². The molecule has 4 rings (SSSR count). The summed E-state index contributed by atoms with van der Waals surface area (Å²) < 4.78 is 6.25. The van der Waals surface area contributed by atoms with Crippen molar-refractivity contribution in [2.24, 2.45) is 0 Å². The molecule has 1 aliphatic heterocycles. The van der Waals surface area contributed by atoms with Crippen LogP contribution in [0.25, 0.3) is 11.3 Å². The van der Waals surface area contributed by atoms with Crippen LogP contribution in [0, 0.1) is 18.8 Å². The molecule has 0 fully saturated rings. The Morgan fingerprint density at radius 2 is 1.79 bits per heavy atom. The van der Waals surface area contributed by atoms with Gasteiger partial charge in [0.1, 0.15) is 8.07 Å². The van der Waals surface area contributed by atoms with Crippen LogP contribution in [0.3, 0.4) is 0 Å². The van der Waals surface area contributed by atoms with E-state index in [1.54, 1.807) is 0 Å². The molecule has 0 amide bonds. The molecule has 0 N–H and O–H groups in total. The molecule has 4 nitrogen and oxygen atoms in total. The van der Waals surface area contributed by atoms with Gasteiger partial charge in [-0.25, -0.2) is 0 Å². The summed E-state index contributed by atoms with van der Waals surface area (Å²) in [6.45, 7) is 9.74. The van der Waals surface area contributed by atoms with Crippen LogP contribution in [0.2, 0.25) is 19.6 Å². The van der Waals surface area contributed by atoms with Gasteiger partial charge in [-0.2, -0.15) is 37.0 Å². The van der Waals surface area contributed by atoms with Gasteiger partial charge in [0.05, 0.1) is 5.38 Å². The molecular formula is C23H24N3OPtSi-3. The molecule has 1 aliphatic rings. The molecule has 0 atom stereocenters. The van der Waals surface area contributed by atoms with Crippen LogP contribution in [0.4, 0.5) is 5.69 Å². The fourth-order valence-electron chi connectivity index (χ4n) is 3.14. The SMILES string of the molecule is C[Si](C)(C)c1oc(CCN2C=CN(c3[c-]cccc3)[CH-]2)nc1-c1[c-]cccc1.[Pt]. The van der Waals surface area contributed by atoms with E-state index in [0.29, 0.717) is 0 Å². The quantitative estimate of drug-likeness (QED) is 0.319. The Hall–Kier alpha value is -2.10. The van der Waals surface area contributed by atoms with Crippen LogP contribution < -0.4 is 10.3 Å². The zero-order chi connectivity index (χ0) is 19.6. The molecule has 0 aliphatic carbocycles. The number of para-hydroxylation sites is 1. The zero-order valence-corrected chi connectivity index (χ0v) is 20.1. The van der Waals surface area contributed by atoms with Crippen molar-refractivity contribution in [2.75, 3.05) is 11.4 Å². The van der Waals surface area contributed by atoms with Gasteiger partial charge in [-0.05, 0) is 18.9 Å². The Kier molecular flexibility index (Phi) is 6.81. The van der Waals surface area contributed by atoms with Gasteiger partial charge in [0.2, 0.25) is 0 Å². The molecule has 2 heterocycles. The number of anilines is 1. The Labute approximate surface area is 188 Å². The standard InChI is InChI=1S/C23H24N3OSi.Pt/c1-28(2,3)23-22(19-10-6-4-7-11-19)24-21(27-23)14-15-25-16-17-26(18-25)20-12-8-5-9-13-20;/h4-10,12,16-18H,14-15H2,1-3H3;/q-3;. The van der Waals surface area contributed by atoms with E-state index in [-0.39, 0.29) is 21.1 Å². The van der Waals surface area contributed by atoms with Crippen molar-refractivity contribution >= 4 is 19.1 Å². The minimum absolute atomic E-state index is 0. The maximum Gasteiger partial charge on any atom is 0.185 e. The molecule has 0 bridgehead atoms. The third kappa shape index (κ3) is 5.09. The zero-order valence-electron chi connectivity index (χ0n) is 16.8. The van der Waals surface area contributed by atoms with Gasteiger partial charge in [-0.3, -0.25) is 4.98 Å². The second kappa shape index (κ2) is 9.14. The number of hydrogen-bond acceptors (Lipinski definition) is 4. The first-order chi connectivity index (χ1) is 13.5. The molecule has 6 heteroatoms. The van der Waals surface area contributed by atoms with Gasteiger partial charge in [-0.1, -0.05) is 19.6 Å². The Balaban J connectivity index is 0.00000240. The average molecular weight is 582 g/mol. The summed E-state index contributed by atoms with van der Waals surface area (Å²) in [4.78, 5) is 9.05. The number of benzene rings is 2. The third-order valence-electron chi connectivity index (χ3n) is 4.56. The van der Waals surface area contributed by atoms with Gasteiger partial charge in [0, 0.05) is 33.2 Å². The maximum atomic E-state index is 6.25. The van der Waals surface area contributed by atoms with Gasteiger partial charge in [0.25, 0.3) is 0 Å². The fourth-order valence-corrected chi connectivity index (χ4v) is 4.47. The van der Waals surface area contributed by atoms with Crippen molar-refractivity contribution < 1.29 is 25.5 Å². The van der Waals surface area contributed by atoms with E-state index >= 15 is 0 Å². The van der Waals surface area contributed by atoms with Crippen molar-refractivity contribution in [3.8, 4) is 11.3 Å². The van der Waals surface area contributed by atoms with E-state index in [0.717, 1.165) is 41.2 Å². The fraction of sp³-hybridized carbons (Fsp3) is 0.217.